The summed E-state index contributed by atoms with van der Waals surface area (Å²) in [4.78, 5) is 4.78. The molecule has 0 bridgehead atoms. The molecule has 0 saturated carbocycles. The quantitative estimate of drug-likeness (QED) is 0.876. The second-order valence-electron chi connectivity index (χ2n) is 5.82. The van der Waals surface area contributed by atoms with Crippen LogP contribution in [0.25, 0.3) is 0 Å². The topological polar surface area (TPSA) is 18.5 Å². The molecule has 1 unspecified atom stereocenters. The van der Waals surface area contributed by atoms with Crippen molar-refractivity contribution >= 4 is 0 Å². The smallest absolute Gasteiger partial charge is 0.0360 e. The highest BCUT2D eigenvalue weighted by Gasteiger charge is 2.21. The highest BCUT2D eigenvalue weighted by molar-refractivity contribution is 5.31. The van der Waals surface area contributed by atoms with Gasteiger partial charge in [0.1, 0.15) is 0 Å². The van der Waals surface area contributed by atoms with Crippen LogP contribution < -0.4 is 5.32 Å². The zero-order valence-corrected chi connectivity index (χ0v) is 12.5. The molecule has 1 aromatic rings. The fourth-order valence-electron chi connectivity index (χ4n) is 2.89. The van der Waals surface area contributed by atoms with Crippen LogP contribution in [0.1, 0.15) is 30.0 Å². The fraction of sp³-hybridized carbons (Fsp3) is 0.625. The first-order valence-corrected chi connectivity index (χ1v) is 7.32. The second-order valence-corrected chi connectivity index (χ2v) is 5.82. The Morgan fingerprint density at radius 1 is 1.16 bits per heavy atom. The van der Waals surface area contributed by atoms with Gasteiger partial charge >= 0.3 is 0 Å². The molecule has 1 aromatic carbocycles. The summed E-state index contributed by atoms with van der Waals surface area (Å²) in [5.41, 5.74) is 2.98. The summed E-state index contributed by atoms with van der Waals surface area (Å²) in [7, 11) is 6.55. The average Bonchev–Trinajstić information content (AvgIpc) is 2.60. The first-order chi connectivity index (χ1) is 9.18. The van der Waals surface area contributed by atoms with Gasteiger partial charge in [0.25, 0.3) is 0 Å². The molecule has 0 amide bonds. The molecular formula is C16H27N3. The molecule has 0 aromatic heterocycles. The number of nitrogens with zero attached hydrogens (tertiary/aromatic N) is 2. The van der Waals surface area contributed by atoms with Gasteiger partial charge in [0, 0.05) is 12.6 Å². The number of rotatable bonds is 5. The lowest BCUT2D eigenvalue weighted by Gasteiger charge is -2.29. The van der Waals surface area contributed by atoms with Crippen molar-refractivity contribution in [1.82, 2.24) is 15.1 Å². The number of hydrogen-bond donors (Lipinski definition) is 1. The Hall–Kier alpha value is -0.900. The van der Waals surface area contributed by atoms with Gasteiger partial charge in [-0.1, -0.05) is 24.3 Å². The molecule has 19 heavy (non-hydrogen) atoms. The van der Waals surface area contributed by atoms with Crippen LogP contribution in [0.15, 0.2) is 24.3 Å². The van der Waals surface area contributed by atoms with E-state index in [4.69, 9.17) is 0 Å². The van der Waals surface area contributed by atoms with Crippen molar-refractivity contribution in [2.24, 2.45) is 0 Å². The van der Waals surface area contributed by atoms with Gasteiger partial charge in [-0.05, 0) is 64.7 Å². The number of fused-ring (bicyclic) bond motifs is 1. The van der Waals surface area contributed by atoms with Gasteiger partial charge < -0.3 is 10.2 Å². The van der Waals surface area contributed by atoms with E-state index in [0.29, 0.717) is 6.04 Å². The lowest BCUT2D eigenvalue weighted by Crippen LogP contribution is -2.29. The molecular weight excluding hydrogens is 234 g/mol. The van der Waals surface area contributed by atoms with Gasteiger partial charge in [-0.3, -0.25) is 4.90 Å². The average molecular weight is 261 g/mol. The van der Waals surface area contributed by atoms with E-state index in [1.165, 1.54) is 24.0 Å². The summed E-state index contributed by atoms with van der Waals surface area (Å²) in [6, 6.07) is 9.44. The molecule has 0 spiro atoms. The minimum atomic E-state index is 0.563. The molecule has 1 N–H and O–H groups in total. The SMILES string of the molecule is CN(C)CCCN(C)C1CCNCc2ccccc21. The Bertz CT molecular complexity index is 389. The van der Waals surface area contributed by atoms with Crippen LogP contribution in [-0.2, 0) is 6.54 Å². The highest BCUT2D eigenvalue weighted by atomic mass is 15.1. The first kappa shape index (κ1) is 14.5. The van der Waals surface area contributed by atoms with Gasteiger partial charge in [-0.2, -0.15) is 0 Å². The molecule has 1 atom stereocenters. The fourth-order valence-corrected chi connectivity index (χ4v) is 2.89. The van der Waals surface area contributed by atoms with E-state index in [0.717, 1.165) is 26.2 Å². The molecule has 0 fully saturated rings. The molecule has 1 heterocycles. The molecule has 2 rings (SSSR count). The minimum absolute atomic E-state index is 0.563. The van der Waals surface area contributed by atoms with E-state index in [2.05, 4.69) is 60.5 Å². The largest absolute Gasteiger partial charge is 0.313 e. The molecule has 0 aliphatic carbocycles. The lowest BCUT2D eigenvalue weighted by atomic mass is 9.98. The Balaban J connectivity index is 2.02. The maximum absolute atomic E-state index is 3.53. The van der Waals surface area contributed by atoms with Crippen molar-refractivity contribution in [1.29, 1.82) is 0 Å². The van der Waals surface area contributed by atoms with Crippen LogP contribution in [0, 0.1) is 0 Å². The van der Waals surface area contributed by atoms with Crippen molar-refractivity contribution in [2.45, 2.75) is 25.4 Å². The Labute approximate surface area is 117 Å². The minimum Gasteiger partial charge on any atom is -0.313 e. The number of benzene rings is 1. The Kier molecular flexibility index (Phi) is 5.37. The van der Waals surface area contributed by atoms with E-state index in [1.807, 2.05) is 0 Å². The van der Waals surface area contributed by atoms with Crippen LogP contribution in [0.4, 0.5) is 0 Å². The molecule has 0 radical (unpaired) electrons. The van der Waals surface area contributed by atoms with E-state index >= 15 is 0 Å². The zero-order valence-electron chi connectivity index (χ0n) is 12.5. The van der Waals surface area contributed by atoms with E-state index in [9.17, 15) is 0 Å². The van der Waals surface area contributed by atoms with Crippen molar-refractivity contribution in [2.75, 3.05) is 40.8 Å². The van der Waals surface area contributed by atoms with Gasteiger partial charge in [0.05, 0.1) is 0 Å². The molecule has 1 aliphatic heterocycles. The summed E-state index contributed by atoms with van der Waals surface area (Å²) >= 11 is 0. The van der Waals surface area contributed by atoms with E-state index in [-0.39, 0.29) is 0 Å². The normalized spacial score (nSPS) is 19.5. The molecule has 106 valence electrons. The van der Waals surface area contributed by atoms with Crippen molar-refractivity contribution < 1.29 is 0 Å². The van der Waals surface area contributed by atoms with Crippen molar-refractivity contribution in [3.05, 3.63) is 35.4 Å². The van der Waals surface area contributed by atoms with Crippen molar-refractivity contribution in [3.63, 3.8) is 0 Å². The predicted molar refractivity (Wildman–Crippen MR) is 81.3 cm³/mol. The third-order valence-corrected chi connectivity index (χ3v) is 3.97. The van der Waals surface area contributed by atoms with Crippen LogP contribution >= 0.6 is 0 Å². The first-order valence-electron chi connectivity index (χ1n) is 7.32. The summed E-state index contributed by atoms with van der Waals surface area (Å²) in [6.45, 7) is 4.45. The van der Waals surface area contributed by atoms with Gasteiger partial charge in [0.2, 0.25) is 0 Å². The summed E-state index contributed by atoms with van der Waals surface area (Å²) in [5.74, 6) is 0. The third kappa shape index (κ3) is 4.03. The summed E-state index contributed by atoms with van der Waals surface area (Å²) < 4.78 is 0. The van der Waals surface area contributed by atoms with E-state index < -0.39 is 0 Å². The van der Waals surface area contributed by atoms with Gasteiger partial charge in [-0.15, -0.1) is 0 Å². The standard InChI is InChI=1S/C16H27N3/c1-18(2)11-6-12-19(3)16-9-10-17-13-14-7-4-5-8-15(14)16/h4-5,7-8,16-17H,6,9-13H2,1-3H3. The monoisotopic (exact) mass is 261 g/mol. The molecule has 3 nitrogen and oxygen atoms in total. The summed E-state index contributed by atoms with van der Waals surface area (Å²) in [5, 5.41) is 3.53. The molecule has 3 heteroatoms. The van der Waals surface area contributed by atoms with Crippen LogP contribution in [0.3, 0.4) is 0 Å². The Morgan fingerprint density at radius 3 is 2.74 bits per heavy atom. The summed E-state index contributed by atoms with van der Waals surface area (Å²) in [6.07, 6.45) is 2.44. The Morgan fingerprint density at radius 2 is 1.95 bits per heavy atom. The van der Waals surface area contributed by atoms with Crippen LogP contribution in [0.5, 0.6) is 0 Å². The lowest BCUT2D eigenvalue weighted by molar-refractivity contribution is 0.222. The van der Waals surface area contributed by atoms with Crippen LogP contribution in [-0.4, -0.2) is 50.6 Å². The third-order valence-electron chi connectivity index (χ3n) is 3.97. The van der Waals surface area contributed by atoms with Gasteiger partial charge in [-0.25, -0.2) is 0 Å². The number of nitrogens with one attached hydrogen (secondary N) is 1. The highest BCUT2D eigenvalue weighted by Crippen LogP contribution is 2.28. The second kappa shape index (κ2) is 7.04. The maximum atomic E-state index is 3.53. The number of hydrogen-bond acceptors (Lipinski definition) is 3. The predicted octanol–water partition coefficient (Wildman–Crippen LogP) is 2.10. The van der Waals surface area contributed by atoms with Crippen molar-refractivity contribution in [3.8, 4) is 0 Å². The van der Waals surface area contributed by atoms with Gasteiger partial charge in [0.15, 0.2) is 0 Å². The van der Waals surface area contributed by atoms with E-state index in [1.54, 1.807) is 0 Å². The maximum Gasteiger partial charge on any atom is 0.0360 e. The molecule has 1 aliphatic rings. The zero-order chi connectivity index (χ0) is 13.7. The molecule has 0 saturated heterocycles. The van der Waals surface area contributed by atoms with Crippen LogP contribution in [0.2, 0.25) is 0 Å².